The quantitative estimate of drug-likeness (QED) is 0.900. The van der Waals surface area contributed by atoms with Crippen molar-refractivity contribution in [1.29, 1.82) is 0 Å². The Bertz CT molecular complexity index is 351. The van der Waals surface area contributed by atoms with E-state index in [4.69, 9.17) is 27.9 Å². The molecule has 1 heterocycles. The molecule has 4 heteroatoms. The Morgan fingerprint density at radius 1 is 1.31 bits per heavy atom. The van der Waals surface area contributed by atoms with Crippen molar-refractivity contribution >= 4 is 23.2 Å². The molecule has 1 aliphatic heterocycles. The van der Waals surface area contributed by atoms with E-state index in [0.717, 1.165) is 25.1 Å². The highest BCUT2D eigenvalue weighted by Crippen LogP contribution is 2.23. The summed E-state index contributed by atoms with van der Waals surface area (Å²) >= 11 is 11.8. The fourth-order valence-corrected chi connectivity index (χ4v) is 1.98. The van der Waals surface area contributed by atoms with Crippen LogP contribution in [0.25, 0.3) is 0 Å². The summed E-state index contributed by atoms with van der Waals surface area (Å²) < 4.78 is 5.77. The van der Waals surface area contributed by atoms with Crippen LogP contribution in [0.5, 0.6) is 0 Å². The maximum Gasteiger partial charge on any atom is 0.0721 e. The first-order valence-corrected chi connectivity index (χ1v) is 6.11. The Morgan fingerprint density at radius 3 is 2.88 bits per heavy atom. The number of benzene rings is 1. The van der Waals surface area contributed by atoms with Crippen LogP contribution in [0.2, 0.25) is 10.0 Å². The van der Waals surface area contributed by atoms with Crippen LogP contribution in [-0.2, 0) is 11.3 Å². The molecule has 1 atom stereocenters. The minimum Gasteiger partial charge on any atom is -0.373 e. The van der Waals surface area contributed by atoms with Gasteiger partial charge in [-0.2, -0.15) is 0 Å². The van der Waals surface area contributed by atoms with Gasteiger partial charge in [-0.25, -0.2) is 0 Å². The minimum absolute atomic E-state index is 0.246. The standard InChI is InChI=1S/C12H14Cl2NO/c13-11-2-1-9(7-12(11)14)8-16-10-3-5-15-6-4-10/h1-3,7,10,15H,4-6,8H2. The topological polar surface area (TPSA) is 21.3 Å². The second-order valence-electron chi connectivity index (χ2n) is 3.83. The van der Waals surface area contributed by atoms with Crippen molar-refractivity contribution in [1.82, 2.24) is 5.32 Å². The Morgan fingerprint density at radius 2 is 2.19 bits per heavy atom. The predicted octanol–water partition coefficient (Wildman–Crippen LogP) is 3.08. The van der Waals surface area contributed by atoms with Crippen molar-refractivity contribution in [3.63, 3.8) is 0 Å². The van der Waals surface area contributed by atoms with Gasteiger partial charge in [0.15, 0.2) is 0 Å². The van der Waals surface area contributed by atoms with Crippen molar-refractivity contribution in [2.24, 2.45) is 0 Å². The average Bonchev–Trinajstić information content (AvgIpc) is 2.32. The van der Waals surface area contributed by atoms with Gasteiger partial charge in [0.2, 0.25) is 0 Å². The molecule has 1 N–H and O–H groups in total. The lowest BCUT2D eigenvalue weighted by Crippen LogP contribution is -2.33. The molecular weight excluding hydrogens is 245 g/mol. The highest BCUT2D eigenvalue weighted by molar-refractivity contribution is 6.41. The lowest BCUT2D eigenvalue weighted by molar-refractivity contribution is 0.0486. The van der Waals surface area contributed by atoms with Crippen LogP contribution in [0.15, 0.2) is 18.2 Å². The van der Waals surface area contributed by atoms with Gasteiger partial charge in [0.1, 0.15) is 0 Å². The second kappa shape index (κ2) is 5.87. The molecule has 1 fully saturated rings. The number of rotatable bonds is 3. The van der Waals surface area contributed by atoms with Crippen LogP contribution >= 0.6 is 23.2 Å². The lowest BCUT2D eigenvalue weighted by Gasteiger charge is -2.22. The number of ether oxygens (including phenoxy) is 1. The monoisotopic (exact) mass is 258 g/mol. The zero-order valence-corrected chi connectivity index (χ0v) is 10.4. The molecule has 0 aromatic heterocycles. The first-order chi connectivity index (χ1) is 7.75. The molecule has 1 unspecified atom stereocenters. The normalized spacial score (nSPS) is 17.6. The van der Waals surface area contributed by atoms with Gasteiger partial charge < -0.3 is 10.1 Å². The van der Waals surface area contributed by atoms with Gasteiger partial charge in [0, 0.05) is 13.0 Å². The third kappa shape index (κ3) is 3.36. The number of piperidine rings is 1. The van der Waals surface area contributed by atoms with E-state index in [-0.39, 0.29) is 6.10 Å². The van der Waals surface area contributed by atoms with Crippen molar-refractivity contribution in [2.45, 2.75) is 19.1 Å². The highest BCUT2D eigenvalue weighted by Gasteiger charge is 2.13. The molecule has 1 saturated heterocycles. The molecule has 2 rings (SSSR count). The molecule has 1 aromatic carbocycles. The van der Waals surface area contributed by atoms with Gasteiger partial charge >= 0.3 is 0 Å². The third-order valence-electron chi connectivity index (χ3n) is 2.58. The summed E-state index contributed by atoms with van der Waals surface area (Å²) in [4.78, 5) is 0. The van der Waals surface area contributed by atoms with Crippen molar-refractivity contribution < 1.29 is 4.74 Å². The Hall–Kier alpha value is -0.280. The maximum atomic E-state index is 5.93. The molecule has 1 aliphatic rings. The van der Waals surface area contributed by atoms with E-state index in [2.05, 4.69) is 11.7 Å². The van der Waals surface area contributed by atoms with Gasteiger partial charge in [0.05, 0.1) is 22.8 Å². The summed E-state index contributed by atoms with van der Waals surface area (Å²) in [5.74, 6) is 0. The Kier molecular flexibility index (Phi) is 4.47. The van der Waals surface area contributed by atoms with Crippen LogP contribution in [-0.4, -0.2) is 19.2 Å². The van der Waals surface area contributed by atoms with Gasteiger partial charge in [-0.15, -0.1) is 0 Å². The molecule has 16 heavy (non-hydrogen) atoms. The maximum absolute atomic E-state index is 5.93. The number of nitrogens with one attached hydrogen (secondary N) is 1. The van der Waals surface area contributed by atoms with Crippen LogP contribution in [0.4, 0.5) is 0 Å². The lowest BCUT2D eigenvalue weighted by atomic mass is 10.1. The molecular formula is C12H14Cl2NO. The molecule has 0 saturated carbocycles. The van der Waals surface area contributed by atoms with E-state index in [9.17, 15) is 0 Å². The van der Waals surface area contributed by atoms with E-state index >= 15 is 0 Å². The van der Waals surface area contributed by atoms with Crippen molar-refractivity contribution in [3.8, 4) is 0 Å². The van der Waals surface area contributed by atoms with Gasteiger partial charge in [-0.05, 0) is 30.7 Å². The summed E-state index contributed by atoms with van der Waals surface area (Å²) in [7, 11) is 0. The fourth-order valence-electron chi connectivity index (χ4n) is 1.66. The molecule has 0 bridgehead atoms. The Balaban J connectivity index is 1.86. The van der Waals surface area contributed by atoms with Crippen LogP contribution in [0.1, 0.15) is 12.0 Å². The Labute approximate surface area is 106 Å². The number of hydrogen-bond donors (Lipinski definition) is 1. The average molecular weight is 259 g/mol. The first kappa shape index (κ1) is 12.2. The van der Waals surface area contributed by atoms with Gasteiger partial charge in [0.25, 0.3) is 0 Å². The molecule has 0 aliphatic carbocycles. The van der Waals surface area contributed by atoms with Gasteiger partial charge in [-0.1, -0.05) is 29.3 Å². The molecule has 2 nitrogen and oxygen atoms in total. The first-order valence-electron chi connectivity index (χ1n) is 5.35. The largest absolute Gasteiger partial charge is 0.373 e. The van der Waals surface area contributed by atoms with E-state index in [1.54, 1.807) is 6.07 Å². The molecule has 0 amide bonds. The SMILES string of the molecule is Clc1ccc(COC2[CH]CNCC2)cc1Cl. The third-order valence-corrected chi connectivity index (χ3v) is 3.32. The number of halogens is 2. The predicted molar refractivity (Wildman–Crippen MR) is 66.8 cm³/mol. The van der Waals surface area contributed by atoms with Crippen LogP contribution in [0, 0.1) is 6.42 Å². The van der Waals surface area contributed by atoms with Crippen LogP contribution < -0.4 is 5.32 Å². The molecule has 0 spiro atoms. The van der Waals surface area contributed by atoms with Crippen LogP contribution in [0.3, 0.4) is 0 Å². The highest BCUT2D eigenvalue weighted by atomic mass is 35.5. The van der Waals surface area contributed by atoms with Gasteiger partial charge in [-0.3, -0.25) is 0 Å². The minimum atomic E-state index is 0.246. The zero-order chi connectivity index (χ0) is 11.4. The summed E-state index contributed by atoms with van der Waals surface area (Å²) in [6.07, 6.45) is 3.43. The summed E-state index contributed by atoms with van der Waals surface area (Å²) in [5.41, 5.74) is 1.06. The number of hydrogen-bond acceptors (Lipinski definition) is 2. The second-order valence-corrected chi connectivity index (χ2v) is 4.64. The summed E-state index contributed by atoms with van der Waals surface area (Å²) in [5, 5.41) is 4.42. The smallest absolute Gasteiger partial charge is 0.0721 e. The summed E-state index contributed by atoms with van der Waals surface area (Å²) in [6.45, 7) is 2.52. The van der Waals surface area contributed by atoms with E-state index in [1.165, 1.54) is 0 Å². The summed E-state index contributed by atoms with van der Waals surface area (Å²) in [6, 6.07) is 5.59. The van der Waals surface area contributed by atoms with E-state index in [0.29, 0.717) is 16.7 Å². The van der Waals surface area contributed by atoms with Crippen molar-refractivity contribution in [3.05, 3.63) is 40.2 Å². The fraction of sp³-hybridized carbons (Fsp3) is 0.417. The molecule has 87 valence electrons. The van der Waals surface area contributed by atoms with E-state index in [1.807, 2.05) is 12.1 Å². The van der Waals surface area contributed by atoms with E-state index < -0.39 is 0 Å². The molecule has 1 radical (unpaired) electrons. The van der Waals surface area contributed by atoms with Crippen molar-refractivity contribution in [2.75, 3.05) is 13.1 Å². The molecule has 1 aromatic rings. The zero-order valence-electron chi connectivity index (χ0n) is 8.88.